The van der Waals surface area contributed by atoms with Gasteiger partial charge in [0.05, 0.1) is 19.8 Å². The molecule has 1 fully saturated rings. The fourth-order valence-corrected chi connectivity index (χ4v) is 1.82. The molecule has 1 aliphatic heterocycles. The molecule has 100 valence electrons. The molecule has 1 aliphatic rings. The number of aromatic nitrogens is 3. The molecule has 1 unspecified atom stereocenters. The smallest absolute Gasteiger partial charge is 0.322 e. The Kier molecular flexibility index (Phi) is 4.14. The summed E-state index contributed by atoms with van der Waals surface area (Å²) < 4.78 is 10.6. The summed E-state index contributed by atoms with van der Waals surface area (Å²) in [5.41, 5.74) is 0. The molecule has 1 aromatic rings. The zero-order chi connectivity index (χ0) is 13.0. The van der Waals surface area contributed by atoms with E-state index in [0.29, 0.717) is 24.5 Å². The Hall–Kier alpha value is -1.63. The maximum Gasteiger partial charge on any atom is 0.322 e. The number of hydrogen-bond acceptors (Lipinski definition) is 7. The van der Waals surface area contributed by atoms with E-state index in [-0.39, 0.29) is 6.10 Å². The first-order valence-corrected chi connectivity index (χ1v) is 6.13. The van der Waals surface area contributed by atoms with Crippen LogP contribution in [0.1, 0.15) is 13.8 Å². The third-order valence-electron chi connectivity index (χ3n) is 2.64. The van der Waals surface area contributed by atoms with Gasteiger partial charge in [0.15, 0.2) is 0 Å². The molecule has 7 heteroatoms. The summed E-state index contributed by atoms with van der Waals surface area (Å²) in [6.45, 7) is 7.03. The molecule has 0 amide bonds. The van der Waals surface area contributed by atoms with E-state index in [2.05, 4.69) is 25.2 Å². The number of nitrogens with zero attached hydrogens (tertiary/aromatic N) is 4. The molecule has 1 saturated heterocycles. The normalized spacial score (nSPS) is 19.7. The minimum Gasteiger partial charge on any atom is -0.467 e. The molecule has 1 aromatic heterocycles. The number of nitrogens with one attached hydrogen (secondary N) is 1. The Morgan fingerprint density at radius 2 is 2.28 bits per heavy atom. The first-order valence-electron chi connectivity index (χ1n) is 6.13. The summed E-state index contributed by atoms with van der Waals surface area (Å²) in [6, 6.07) is 0.329. The third-order valence-corrected chi connectivity index (χ3v) is 2.64. The highest BCUT2D eigenvalue weighted by atomic mass is 16.5. The average molecular weight is 253 g/mol. The van der Waals surface area contributed by atoms with Gasteiger partial charge in [0.2, 0.25) is 11.9 Å². The molecule has 0 aromatic carbocycles. The zero-order valence-electron chi connectivity index (χ0n) is 11.0. The van der Waals surface area contributed by atoms with Gasteiger partial charge in [-0.1, -0.05) is 0 Å². The summed E-state index contributed by atoms with van der Waals surface area (Å²) in [4.78, 5) is 14.9. The van der Waals surface area contributed by atoms with Crippen LogP contribution in [0.15, 0.2) is 0 Å². The van der Waals surface area contributed by atoms with Gasteiger partial charge in [-0.15, -0.1) is 0 Å². The molecular formula is C11H19N5O2. The average Bonchev–Trinajstić information content (AvgIpc) is 2.39. The lowest BCUT2D eigenvalue weighted by Crippen LogP contribution is -2.42. The predicted molar refractivity (Wildman–Crippen MR) is 68.2 cm³/mol. The number of hydrogen-bond donors (Lipinski definition) is 1. The third kappa shape index (κ3) is 2.98. The van der Waals surface area contributed by atoms with E-state index in [1.807, 2.05) is 13.8 Å². The van der Waals surface area contributed by atoms with E-state index < -0.39 is 0 Å². The second-order valence-corrected chi connectivity index (χ2v) is 4.10. The van der Waals surface area contributed by atoms with Gasteiger partial charge in [0, 0.05) is 19.6 Å². The van der Waals surface area contributed by atoms with Crippen LogP contribution in [-0.2, 0) is 4.74 Å². The number of rotatable bonds is 4. The fourth-order valence-electron chi connectivity index (χ4n) is 1.82. The molecule has 0 radical (unpaired) electrons. The Bertz CT molecular complexity index is 401. The topological polar surface area (TPSA) is 72.4 Å². The number of methoxy groups -OCH3 is 1. The maximum atomic E-state index is 5.50. The lowest BCUT2D eigenvalue weighted by Gasteiger charge is -2.31. The Morgan fingerprint density at radius 3 is 2.94 bits per heavy atom. The minimum atomic E-state index is 0.184. The highest BCUT2D eigenvalue weighted by Crippen LogP contribution is 2.17. The summed E-state index contributed by atoms with van der Waals surface area (Å²) in [6.07, 6.45) is 0.184. The van der Waals surface area contributed by atoms with E-state index in [1.54, 1.807) is 7.11 Å². The van der Waals surface area contributed by atoms with Crippen molar-refractivity contribution in [1.82, 2.24) is 15.0 Å². The predicted octanol–water partition coefficient (Wildman–Crippen LogP) is 0.537. The summed E-state index contributed by atoms with van der Waals surface area (Å²) in [7, 11) is 1.55. The summed E-state index contributed by atoms with van der Waals surface area (Å²) >= 11 is 0. The van der Waals surface area contributed by atoms with Crippen molar-refractivity contribution in [2.75, 3.05) is 43.6 Å². The molecule has 18 heavy (non-hydrogen) atoms. The van der Waals surface area contributed by atoms with Crippen LogP contribution in [0.4, 0.5) is 11.9 Å². The lowest BCUT2D eigenvalue weighted by molar-refractivity contribution is 0.0526. The molecule has 0 bridgehead atoms. The maximum absolute atomic E-state index is 5.50. The second-order valence-electron chi connectivity index (χ2n) is 4.10. The van der Waals surface area contributed by atoms with Crippen molar-refractivity contribution in [2.45, 2.75) is 20.0 Å². The Morgan fingerprint density at radius 1 is 1.44 bits per heavy atom. The number of ether oxygens (including phenoxy) is 2. The molecular weight excluding hydrogens is 234 g/mol. The molecule has 2 heterocycles. The van der Waals surface area contributed by atoms with Gasteiger partial charge in [-0.2, -0.15) is 15.0 Å². The SMILES string of the molecule is CCNc1nc(OC)nc(N2CCOC(C)C2)n1. The second kappa shape index (κ2) is 5.81. The largest absolute Gasteiger partial charge is 0.467 e. The van der Waals surface area contributed by atoms with Gasteiger partial charge in [0.25, 0.3) is 0 Å². The van der Waals surface area contributed by atoms with Gasteiger partial charge >= 0.3 is 6.01 Å². The van der Waals surface area contributed by atoms with E-state index >= 15 is 0 Å². The van der Waals surface area contributed by atoms with Crippen LogP contribution in [0.2, 0.25) is 0 Å². The van der Waals surface area contributed by atoms with Crippen molar-refractivity contribution < 1.29 is 9.47 Å². The van der Waals surface area contributed by atoms with E-state index in [9.17, 15) is 0 Å². The molecule has 1 N–H and O–H groups in total. The van der Waals surface area contributed by atoms with E-state index in [4.69, 9.17) is 9.47 Å². The number of morpholine rings is 1. The molecule has 2 rings (SSSR count). The van der Waals surface area contributed by atoms with Crippen molar-refractivity contribution in [2.24, 2.45) is 0 Å². The first-order chi connectivity index (χ1) is 8.72. The monoisotopic (exact) mass is 253 g/mol. The van der Waals surface area contributed by atoms with Gasteiger partial charge in [-0.3, -0.25) is 0 Å². The van der Waals surface area contributed by atoms with Crippen molar-refractivity contribution >= 4 is 11.9 Å². The Balaban J connectivity index is 2.22. The lowest BCUT2D eigenvalue weighted by atomic mass is 10.3. The van der Waals surface area contributed by atoms with Crippen LogP contribution < -0.4 is 15.0 Å². The highest BCUT2D eigenvalue weighted by molar-refractivity contribution is 5.38. The van der Waals surface area contributed by atoms with Gasteiger partial charge in [-0.25, -0.2) is 0 Å². The van der Waals surface area contributed by atoms with Crippen LogP contribution in [0.3, 0.4) is 0 Å². The summed E-state index contributed by atoms with van der Waals surface area (Å²) in [5, 5.41) is 3.07. The molecule has 7 nitrogen and oxygen atoms in total. The van der Waals surface area contributed by atoms with Crippen LogP contribution in [-0.4, -0.2) is 54.4 Å². The highest BCUT2D eigenvalue weighted by Gasteiger charge is 2.20. The van der Waals surface area contributed by atoms with Crippen LogP contribution in [0, 0.1) is 0 Å². The van der Waals surface area contributed by atoms with Crippen molar-refractivity contribution in [3.63, 3.8) is 0 Å². The fraction of sp³-hybridized carbons (Fsp3) is 0.727. The number of anilines is 2. The van der Waals surface area contributed by atoms with Gasteiger partial charge < -0.3 is 19.7 Å². The standard InChI is InChI=1S/C11H19N5O2/c1-4-12-9-13-10(15-11(14-9)17-3)16-5-6-18-8(2)7-16/h8H,4-7H2,1-3H3,(H,12,13,14,15). The van der Waals surface area contributed by atoms with Crippen molar-refractivity contribution in [3.8, 4) is 6.01 Å². The van der Waals surface area contributed by atoms with Gasteiger partial charge in [-0.05, 0) is 13.8 Å². The van der Waals surface area contributed by atoms with Crippen LogP contribution in [0.5, 0.6) is 6.01 Å². The zero-order valence-corrected chi connectivity index (χ0v) is 11.0. The van der Waals surface area contributed by atoms with E-state index in [1.165, 1.54) is 0 Å². The first kappa shape index (κ1) is 12.8. The summed E-state index contributed by atoms with van der Waals surface area (Å²) in [5.74, 6) is 1.17. The van der Waals surface area contributed by atoms with E-state index in [0.717, 1.165) is 19.6 Å². The van der Waals surface area contributed by atoms with Gasteiger partial charge in [0.1, 0.15) is 0 Å². The molecule has 0 spiro atoms. The van der Waals surface area contributed by atoms with Crippen LogP contribution >= 0.6 is 0 Å². The van der Waals surface area contributed by atoms with Crippen molar-refractivity contribution in [1.29, 1.82) is 0 Å². The molecule has 0 saturated carbocycles. The molecule has 1 atom stereocenters. The van der Waals surface area contributed by atoms with Crippen molar-refractivity contribution in [3.05, 3.63) is 0 Å². The Labute approximate surface area is 107 Å². The molecule has 0 aliphatic carbocycles. The minimum absolute atomic E-state index is 0.184. The quantitative estimate of drug-likeness (QED) is 0.839. The van der Waals surface area contributed by atoms with Crippen LogP contribution in [0.25, 0.3) is 0 Å².